The molecule has 0 fully saturated rings. The summed E-state index contributed by atoms with van der Waals surface area (Å²) in [5.74, 6) is 0.406. The highest BCUT2D eigenvalue weighted by molar-refractivity contribution is 7.84. The van der Waals surface area contributed by atoms with Gasteiger partial charge in [-0.2, -0.15) is 0 Å². The molecule has 0 heterocycles. The third-order valence-electron chi connectivity index (χ3n) is 2.94. The molecule has 1 unspecified atom stereocenters. The number of anilines is 1. The lowest BCUT2D eigenvalue weighted by Crippen LogP contribution is -2.00. The van der Waals surface area contributed by atoms with Crippen LogP contribution in [-0.2, 0) is 16.6 Å². The predicted octanol–water partition coefficient (Wildman–Crippen LogP) is 3.85. The molecule has 19 heavy (non-hydrogen) atoms. The molecule has 0 bridgehead atoms. The van der Waals surface area contributed by atoms with Crippen molar-refractivity contribution in [3.63, 3.8) is 0 Å². The van der Waals surface area contributed by atoms with Gasteiger partial charge >= 0.3 is 0 Å². The summed E-state index contributed by atoms with van der Waals surface area (Å²) in [5.41, 5.74) is 9.34. The molecule has 2 aromatic rings. The van der Waals surface area contributed by atoms with Gasteiger partial charge in [0.25, 0.3) is 0 Å². The molecule has 0 radical (unpaired) electrons. The Morgan fingerprint density at radius 2 is 1.89 bits per heavy atom. The first-order valence-electron chi connectivity index (χ1n) is 5.97. The van der Waals surface area contributed by atoms with Crippen molar-refractivity contribution < 1.29 is 4.21 Å². The molecule has 0 aromatic heterocycles. The molecule has 0 aliphatic rings. The molecule has 0 aliphatic carbocycles. The molecule has 2 aromatic carbocycles. The van der Waals surface area contributed by atoms with Gasteiger partial charge < -0.3 is 5.73 Å². The van der Waals surface area contributed by atoms with E-state index in [9.17, 15) is 4.21 Å². The van der Waals surface area contributed by atoms with E-state index in [1.54, 1.807) is 12.1 Å². The Kier molecular flexibility index (Phi) is 4.27. The van der Waals surface area contributed by atoms with Gasteiger partial charge in [0.05, 0.1) is 16.6 Å². The van der Waals surface area contributed by atoms with E-state index < -0.39 is 10.8 Å². The Morgan fingerprint density at radius 1 is 1.16 bits per heavy atom. The van der Waals surface area contributed by atoms with Gasteiger partial charge in [0, 0.05) is 15.6 Å². The Labute approximate surface area is 121 Å². The maximum Gasteiger partial charge on any atom is 0.0577 e. The highest BCUT2D eigenvalue weighted by atomic mass is 35.5. The van der Waals surface area contributed by atoms with Gasteiger partial charge in [-0.25, -0.2) is 0 Å². The van der Waals surface area contributed by atoms with E-state index in [2.05, 4.69) is 0 Å². The number of hydrogen-bond donors (Lipinski definition) is 1. The Bertz CT molecular complexity index is 640. The second-order valence-corrected chi connectivity index (χ2v) is 6.44. The summed E-state index contributed by atoms with van der Waals surface area (Å²) in [6, 6.07) is 11.2. The van der Waals surface area contributed by atoms with Crippen molar-refractivity contribution in [2.24, 2.45) is 0 Å². The summed E-state index contributed by atoms with van der Waals surface area (Å²) >= 11 is 6.11. The first kappa shape index (κ1) is 14.1. The molecule has 2 N–H and O–H groups in total. The van der Waals surface area contributed by atoms with Crippen LogP contribution in [0.2, 0.25) is 5.02 Å². The van der Waals surface area contributed by atoms with Gasteiger partial charge in [-0.1, -0.05) is 35.4 Å². The minimum absolute atomic E-state index is 0.406. The van der Waals surface area contributed by atoms with E-state index in [4.69, 9.17) is 17.3 Å². The van der Waals surface area contributed by atoms with Crippen LogP contribution in [-0.4, -0.2) is 4.21 Å². The third-order valence-corrected chi connectivity index (χ3v) is 4.81. The monoisotopic (exact) mass is 293 g/mol. The molecule has 0 saturated carbocycles. The smallest absolute Gasteiger partial charge is 0.0577 e. The molecule has 2 nitrogen and oxygen atoms in total. The largest absolute Gasteiger partial charge is 0.399 e. The van der Waals surface area contributed by atoms with E-state index in [0.29, 0.717) is 16.5 Å². The summed E-state index contributed by atoms with van der Waals surface area (Å²) in [6.45, 7) is 4.00. The molecule has 100 valence electrons. The van der Waals surface area contributed by atoms with E-state index in [1.807, 2.05) is 38.1 Å². The normalized spacial score (nSPS) is 12.4. The summed E-state index contributed by atoms with van der Waals surface area (Å²) < 4.78 is 12.4. The second-order valence-electron chi connectivity index (χ2n) is 4.61. The fourth-order valence-corrected chi connectivity index (χ4v) is 3.62. The first-order valence-corrected chi connectivity index (χ1v) is 7.66. The Balaban J connectivity index is 2.25. The standard InChI is InChI=1S/C15H16ClNOS/c1-10-3-6-15(11(2)7-10)19(18)9-12-4-5-13(17)8-14(12)16/h3-8H,9,17H2,1-2H3. The predicted molar refractivity (Wildman–Crippen MR) is 81.9 cm³/mol. The number of hydrogen-bond acceptors (Lipinski definition) is 2. The molecule has 0 spiro atoms. The van der Waals surface area contributed by atoms with E-state index in [-0.39, 0.29) is 0 Å². The lowest BCUT2D eigenvalue weighted by atomic mass is 10.2. The van der Waals surface area contributed by atoms with Gasteiger partial charge in [-0.05, 0) is 43.2 Å². The molecule has 4 heteroatoms. The van der Waals surface area contributed by atoms with Crippen molar-refractivity contribution in [3.8, 4) is 0 Å². The van der Waals surface area contributed by atoms with Crippen molar-refractivity contribution in [2.75, 3.05) is 5.73 Å². The molecule has 0 saturated heterocycles. The third kappa shape index (κ3) is 3.37. The average Bonchev–Trinajstić information content (AvgIpc) is 2.32. The van der Waals surface area contributed by atoms with Crippen molar-refractivity contribution >= 4 is 28.1 Å². The maximum absolute atomic E-state index is 12.4. The van der Waals surface area contributed by atoms with Crippen LogP contribution in [0.1, 0.15) is 16.7 Å². The number of halogens is 1. The highest BCUT2D eigenvalue weighted by Gasteiger charge is 2.10. The highest BCUT2D eigenvalue weighted by Crippen LogP contribution is 2.24. The average molecular weight is 294 g/mol. The summed E-state index contributed by atoms with van der Waals surface area (Å²) in [4.78, 5) is 0.860. The van der Waals surface area contributed by atoms with Crippen molar-refractivity contribution in [3.05, 3.63) is 58.1 Å². The number of benzene rings is 2. The van der Waals surface area contributed by atoms with Gasteiger partial charge in [-0.3, -0.25) is 4.21 Å². The topological polar surface area (TPSA) is 43.1 Å². The molecule has 0 amide bonds. The van der Waals surface area contributed by atoms with Crippen LogP contribution in [0, 0.1) is 13.8 Å². The second kappa shape index (κ2) is 5.76. The van der Waals surface area contributed by atoms with E-state index in [1.165, 1.54) is 5.56 Å². The minimum Gasteiger partial charge on any atom is -0.399 e. The van der Waals surface area contributed by atoms with E-state index >= 15 is 0 Å². The number of nitrogen functional groups attached to an aromatic ring is 1. The molecule has 1 atom stereocenters. The number of nitrogens with two attached hydrogens (primary N) is 1. The lowest BCUT2D eigenvalue weighted by Gasteiger charge is -2.08. The lowest BCUT2D eigenvalue weighted by molar-refractivity contribution is 0.682. The summed E-state index contributed by atoms with van der Waals surface area (Å²) in [7, 11) is -1.10. The Hall–Kier alpha value is -1.32. The fourth-order valence-electron chi connectivity index (χ4n) is 1.95. The van der Waals surface area contributed by atoms with Crippen LogP contribution in [0.4, 0.5) is 5.69 Å². The zero-order valence-corrected chi connectivity index (χ0v) is 12.5. The SMILES string of the molecule is Cc1ccc(S(=O)Cc2ccc(N)cc2Cl)c(C)c1. The molecule has 2 rings (SSSR count). The van der Waals surface area contributed by atoms with Gasteiger partial charge in [-0.15, -0.1) is 0 Å². The number of aryl methyl sites for hydroxylation is 2. The number of rotatable bonds is 3. The van der Waals surface area contributed by atoms with Gasteiger partial charge in [0.1, 0.15) is 0 Å². The minimum atomic E-state index is -1.10. The quantitative estimate of drug-likeness (QED) is 0.874. The van der Waals surface area contributed by atoms with Crippen LogP contribution in [0.15, 0.2) is 41.3 Å². The van der Waals surface area contributed by atoms with Crippen LogP contribution >= 0.6 is 11.6 Å². The Morgan fingerprint density at radius 3 is 2.53 bits per heavy atom. The van der Waals surface area contributed by atoms with E-state index in [0.717, 1.165) is 16.0 Å². The van der Waals surface area contributed by atoms with Crippen molar-refractivity contribution in [1.29, 1.82) is 0 Å². The van der Waals surface area contributed by atoms with Gasteiger partial charge in [0.15, 0.2) is 0 Å². The molecule has 0 aliphatic heterocycles. The van der Waals surface area contributed by atoms with Crippen LogP contribution < -0.4 is 5.73 Å². The summed E-state index contributed by atoms with van der Waals surface area (Å²) in [6.07, 6.45) is 0. The first-order chi connectivity index (χ1) is 8.97. The summed E-state index contributed by atoms with van der Waals surface area (Å²) in [5, 5.41) is 0.568. The van der Waals surface area contributed by atoms with Crippen molar-refractivity contribution in [2.45, 2.75) is 24.5 Å². The molecular weight excluding hydrogens is 278 g/mol. The van der Waals surface area contributed by atoms with Gasteiger partial charge in [0.2, 0.25) is 0 Å². The molecular formula is C15H16ClNOS. The maximum atomic E-state index is 12.4. The van der Waals surface area contributed by atoms with Crippen LogP contribution in [0.25, 0.3) is 0 Å². The zero-order chi connectivity index (χ0) is 14.0. The van der Waals surface area contributed by atoms with Crippen LogP contribution in [0.5, 0.6) is 0 Å². The van der Waals surface area contributed by atoms with Crippen molar-refractivity contribution in [1.82, 2.24) is 0 Å². The zero-order valence-electron chi connectivity index (χ0n) is 10.9. The van der Waals surface area contributed by atoms with Crippen LogP contribution in [0.3, 0.4) is 0 Å². The fraction of sp³-hybridized carbons (Fsp3) is 0.200.